The van der Waals surface area contributed by atoms with Gasteiger partial charge in [0.2, 0.25) is 5.91 Å². The number of hydrogen-bond acceptors (Lipinski definition) is 5. The second-order valence-corrected chi connectivity index (χ2v) is 4.98. The van der Waals surface area contributed by atoms with E-state index in [1.807, 2.05) is 30.9 Å². The highest BCUT2D eigenvalue weighted by molar-refractivity contribution is 5.80. The normalized spacial score (nSPS) is 24.1. The highest BCUT2D eigenvalue weighted by atomic mass is 16.5. The SMILES string of the molecule is Cc1ccc(C(C(C)N)N2CCOCC2C(N)=O)o1. The minimum absolute atomic E-state index is 0.171. The van der Waals surface area contributed by atoms with Gasteiger partial charge in [-0.2, -0.15) is 0 Å². The molecule has 6 nitrogen and oxygen atoms in total. The summed E-state index contributed by atoms with van der Waals surface area (Å²) >= 11 is 0. The van der Waals surface area contributed by atoms with Crippen LogP contribution in [0.25, 0.3) is 0 Å². The Bertz CT molecular complexity index is 444. The number of primary amides is 1. The Kier molecular flexibility index (Phi) is 4.24. The number of nitrogens with zero attached hydrogens (tertiary/aromatic N) is 1. The zero-order valence-corrected chi connectivity index (χ0v) is 11.3. The van der Waals surface area contributed by atoms with Gasteiger partial charge in [-0.15, -0.1) is 0 Å². The second-order valence-electron chi connectivity index (χ2n) is 4.98. The van der Waals surface area contributed by atoms with Crippen molar-refractivity contribution in [2.24, 2.45) is 11.5 Å². The third-order valence-electron chi connectivity index (χ3n) is 3.41. The average Bonchev–Trinajstić information content (AvgIpc) is 2.76. The Morgan fingerprint density at radius 3 is 2.79 bits per heavy atom. The number of morpholine rings is 1. The Labute approximate surface area is 112 Å². The summed E-state index contributed by atoms with van der Waals surface area (Å²) in [7, 11) is 0. The van der Waals surface area contributed by atoms with Crippen molar-refractivity contribution in [1.82, 2.24) is 4.90 Å². The molecule has 0 aliphatic carbocycles. The molecule has 1 aromatic heterocycles. The number of ether oxygens (including phenoxy) is 1. The number of nitrogens with two attached hydrogens (primary N) is 2. The van der Waals surface area contributed by atoms with Gasteiger partial charge >= 0.3 is 0 Å². The molecule has 6 heteroatoms. The van der Waals surface area contributed by atoms with Crippen LogP contribution in [-0.4, -0.2) is 42.6 Å². The maximum absolute atomic E-state index is 11.6. The summed E-state index contributed by atoms with van der Waals surface area (Å²) in [5.74, 6) is 1.19. The first-order valence-electron chi connectivity index (χ1n) is 6.45. The van der Waals surface area contributed by atoms with E-state index in [9.17, 15) is 4.79 Å². The number of carbonyl (C=O) groups is 1. The fraction of sp³-hybridized carbons (Fsp3) is 0.615. The van der Waals surface area contributed by atoms with Crippen LogP contribution in [0, 0.1) is 6.92 Å². The van der Waals surface area contributed by atoms with Crippen LogP contribution >= 0.6 is 0 Å². The average molecular weight is 267 g/mol. The number of hydrogen-bond donors (Lipinski definition) is 2. The molecule has 0 saturated carbocycles. The largest absolute Gasteiger partial charge is 0.465 e. The van der Waals surface area contributed by atoms with E-state index in [2.05, 4.69) is 0 Å². The second kappa shape index (κ2) is 5.73. The molecule has 4 N–H and O–H groups in total. The van der Waals surface area contributed by atoms with Gasteiger partial charge in [-0.3, -0.25) is 9.69 Å². The molecule has 1 aliphatic heterocycles. The molecule has 0 aromatic carbocycles. The molecule has 1 aromatic rings. The first-order valence-corrected chi connectivity index (χ1v) is 6.45. The third-order valence-corrected chi connectivity index (χ3v) is 3.41. The van der Waals surface area contributed by atoms with E-state index in [1.165, 1.54) is 0 Å². The molecule has 2 heterocycles. The summed E-state index contributed by atoms with van der Waals surface area (Å²) in [5, 5.41) is 0. The Hall–Kier alpha value is -1.37. The molecule has 1 amide bonds. The van der Waals surface area contributed by atoms with Gasteiger partial charge in [-0.1, -0.05) is 0 Å². The quantitative estimate of drug-likeness (QED) is 0.810. The lowest BCUT2D eigenvalue weighted by Crippen LogP contribution is -2.56. The Morgan fingerprint density at radius 1 is 1.53 bits per heavy atom. The van der Waals surface area contributed by atoms with Crippen LogP contribution < -0.4 is 11.5 Å². The van der Waals surface area contributed by atoms with Gasteiger partial charge < -0.3 is 20.6 Å². The lowest BCUT2D eigenvalue weighted by Gasteiger charge is -2.40. The topological polar surface area (TPSA) is 94.7 Å². The summed E-state index contributed by atoms with van der Waals surface area (Å²) in [5.41, 5.74) is 11.5. The molecule has 0 radical (unpaired) electrons. The Balaban J connectivity index is 2.29. The summed E-state index contributed by atoms with van der Waals surface area (Å²) in [6.07, 6.45) is 0. The fourth-order valence-electron chi connectivity index (χ4n) is 2.53. The van der Waals surface area contributed by atoms with E-state index >= 15 is 0 Å². The van der Waals surface area contributed by atoms with Gasteiger partial charge in [0.25, 0.3) is 0 Å². The standard InChI is InChI=1S/C13H21N3O3/c1-8-3-4-11(19-8)12(9(2)14)16-5-6-18-7-10(16)13(15)17/h3-4,9-10,12H,5-7,14H2,1-2H3,(H2,15,17). The van der Waals surface area contributed by atoms with Crippen molar-refractivity contribution in [1.29, 1.82) is 0 Å². The highest BCUT2D eigenvalue weighted by Gasteiger charge is 2.36. The first-order chi connectivity index (χ1) is 9.00. The van der Waals surface area contributed by atoms with E-state index in [-0.39, 0.29) is 12.1 Å². The minimum Gasteiger partial charge on any atom is -0.465 e. The number of amides is 1. The molecule has 1 saturated heterocycles. The number of rotatable bonds is 4. The zero-order chi connectivity index (χ0) is 14.0. The van der Waals surface area contributed by atoms with Gasteiger partial charge in [0, 0.05) is 12.6 Å². The molecule has 1 fully saturated rings. The van der Waals surface area contributed by atoms with Gasteiger partial charge in [0.05, 0.1) is 19.3 Å². The smallest absolute Gasteiger partial charge is 0.237 e. The van der Waals surface area contributed by atoms with Crippen molar-refractivity contribution < 1.29 is 13.9 Å². The van der Waals surface area contributed by atoms with Gasteiger partial charge in [0.1, 0.15) is 17.6 Å². The minimum atomic E-state index is -0.463. The molecule has 3 unspecified atom stereocenters. The summed E-state index contributed by atoms with van der Waals surface area (Å²) < 4.78 is 11.0. The van der Waals surface area contributed by atoms with E-state index in [0.29, 0.717) is 19.8 Å². The van der Waals surface area contributed by atoms with E-state index < -0.39 is 11.9 Å². The van der Waals surface area contributed by atoms with Crippen LogP contribution in [0.3, 0.4) is 0 Å². The van der Waals surface area contributed by atoms with Gasteiger partial charge in [-0.25, -0.2) is 0 Å². The molecular formula is C13H21N3O3. The molecule has 0 bridgehead atoms. The summed E-state index contributed by atoms with van der Waals surface area (Å²) in [6.45, 7) is 5.26. The van der Waals surface area contributed by atoms with Crippen LogP contribution in [0.4, 0.5) is 0 Å². The van der Waals surface area contributed by atoms with Crippen LogP contribution in [0.2, 0.25) is 0 Å². The van der Waals surface area contributed by atoms with Crippen molar-refractivity contribution in [3.8, 4) is 0 Å². The van der Waals surface area contributed by atoms with E-state index in [4.69, 9.17) is 20.6 Å². The van der Waals surface area contributed by atoms with E-state index in [1.54, 1.807) is 0 Å². The molecule has 106 valence electrons. The lowest BCUT2D eigenvalue weighted by atomic mass is 10.0. The first kappa shape index (κ1) is 14.0. The number of furan rings is 1. The van der Waals surface area contributed by atoms with Gasteiger partial charge in [0.15, 0.2) is 0 Å². The summed E-state index contributed by atoms with van der Waals surface area (Å²) in [6, 6.07) is 2.98. The maximum atomic E-state index is 11.6. The fourth-order valence-corrected chi connectivity index (χ4v) is 2.53. The van der Waals surface area contributed by atoms with Crippen LogP contribution in [-0.2, 0) is 9.53 Å². The molecule has 19 heavy (non-hydrogen) atoms. The van der Waals surface area contributed by atoms with Crippen LogP contribution in [0.1, 0.15) is 24.5 Å². The Morgan fingerprint density at radius 2 is 2.26 bits per heavy atom. The van der Waals surface area contributed by atoms with Crippen molar-refractivity contribution >= 4 is 5.91 Å². The van der Waals surface area contributed by atoms with Gasteiger partial charge in [-0.05, 0) is 26.0 Å². The lowest BCUT2D eigenvalue weighted by molar-refractivity contribution is -0.132. The number of aryl methyl sites for hydroxylation is 1. The van der Waals surface area contributed by atoms with Crippen LogP contribution in [0.15, 0.2) is 16.5 Å². The number of carbonyl (C=O) groups excluding carboxylic acids is 1. The van der Waals surface area contributed by atoms with E-state index in [0.717, 1.165) is 11.5 Å². The maximum Gasteiger partial charge on any atom is 0.237 e. The predicted molar refractivity (Wildman–Crippen MR) is 70.3 cm³/mol. The van der Waals surface area contributed by atoms with Crippen LogP contribution in [0.5, 0.6) is 0 Å². The molecule has 0 spiro atoms. The molecule has 1 aliphatic rings. The van der Waals surface area contributed by atoms with Crippen molar-refractivity contribution in [2.45, 2.75) is 32.0 Å². The highest BCUT2D eigenvalue weighted by Crippen LogP contribution is 2.28. The molecule has 3 atom stereocenters. The zero-order valence-electron chi connectivity index (χ0n) is 11.3. The van der Waals surface area contributed by atoms with Crippen molar-refractivity contribution in [2.75, 3.05) is 19.8 Å². The predicted octanol–water partition coefficient (Wildman–Crippen LogP) is 0.162. The van der Waals surface area contributed by atoms with Crippen molar-refractivity contribution in [3.63, 3.8) is 0 Å². The third kappa shape index (κ3) is 2.97. The monoisotopic (exact) mass is 267 g/mol. The molecular weight excluding hydrogens is 246 g/mol. The molecule has 2 rings (SSSR count). The summed E-state index contributed by atoms with van der Waals surface area (Å²) in [4.78, 5) is 13.5. The van der Waals surface area contributed by atoms with Crippen molar-refractivity contribution in [3.05, 3.63) is 23.7 Å².